The molecule has 0 aliphatic heterocycles. The Labute approximate surface area is 74.8 Å². The highest BCUT2D eigenvalue weighted by Gasteiger charge is 2.08. The molecule has 0 aromatic carbocycles. The highest BCUT2D eigenvalue weighted by Crippen LogP contribution is 2.07. The molecule has 0 amide bonds. The number of guanidine groups is 1. The summed E-state index contributed by atoms with van der Waals surface area (Å²) in [6.07, 6.45) is 0. The van der Waals surface area contributed by atoms with Gasteiger partial charge in [-0.25, -0.2) is 5.84 Å². The van der Waals surface area contributed by atoms with Gasteiger partial charge in [-0.1, -0.05) is 12.1 Å². The molecule has 8 heteroatoms. The standard InChI is InChI=1S/C5H12N8/c1-3(2-8-5(6)9-7)4-10-12-13-11-4/h3H,2,7H2,1H3,(H3,6,8,9)(H,10,11,12,13). The summed E-state index contributed by atoms with van der Waals surface area (Å²) in [7, 11) is 0. The Morgan fingerprint density at radius 3 is 3.08 bits per heavy atom. The Morgan fingerprint density at radius 2 is 2.54 bits per heavy atom. The molecular formula is C5H12N8. The van der Waals surface area contributed by atoms with Gasteiger partial charge in [0.25, 0.3) is 0 Å². The third kappa shape index (κ3) is 2.67. The number of hydrogen-bond acceptors (Lipinski definition) is 5. The number of nitrogens with one attached hydrogen (secondary N) is 2. The molecule has 13 heavy (non-hydrogen) atoms. The minimum Gasteiger partial charge on any atom is -0.369 e. The van der Waals surface area contributed by atoms with Crippen LogP contribution in [0, 0.1) is 0 Å². The third-order valence-corrected chi connectivity index (χ3v) is 1.49. The number of hydrazine groups is 1. The number of tetrazole rings is 1. The highest BCUT2D eigenvalue weighted by atomic mass is 15.5. The number of aromatic nitrogens is 4. The van der Waals surface area contributed by atoms with Gasteiger partial charge in [0, 0.05) is 5.92 Å². The fourth-order valence-corrected chi connectivity index (χ4v) is 0.741. The molecule has 0 fully saturated rings. The molecule has 72 valence electrons. The Kier molecular flexibility index (Phi) is 3.15. The molecule has 0 saturated heterocycles. The molecule has 0 aliphatic carbocycles. The second kappa shape index (κ2) is 4.36. The van der Waals surface area contributed by atoms with Crippen molar-refractivity contribution < 1.29 is 0 Å². The van der Waals surface area contributed by atoms with Crippen molar-refractivity contribution in [1.29, 1.82) is 0 Å². The fourth-order valence-electron chi connectivity index (χ4n) is 0.741. The lowest BCUT2D eigenvalue weighted by atomic mass is 10.2. The summed E-state index contributed by atoms with van der Waals surface area (Å²) in [6.45, 7) is 2.38. The van der Waals surface area contributed by atoms with E-state index >= 15 is 0 Å². The van der Waals surface area contributed by atoms with Gasteiger partial charge in [-0.3, -0.25) is 10.4 Å². The van der Waals surface area contributed by atoms with Gasteiger partial charge in [0.2, 0.25) is 5.96 Å². The van der Waals surface area contributed by atoms with Crippen molar-refractivity contribution >= 4 is 5.96 Å². The number of hydrogen-bond donors (Lipinski definition) is 4. The van der Waals surface area contributed by atoms with Gasteiger partial charge in [0.15, 0.2) is 5.82 Å². The normalized spacial score (nSPS) is 14.2. The van der Waals surface area contributed by atoms with Gasteiger partial charge in [-0.15, -0.1) is 10.2 Å². The Balaban J connectivity index is 2.47. The van der Waals surface area contributed by atoms with Crippen molar-refractivity contribution in [3.8, 4) is 0 Å². The molecule has 1 aromatic heterocycles. The first kappa shape index (κ1) is 9.39. The second-order valence-electron chi connectivity index (χ2n) is 2.54. The quantitative estimate of drug-likeness (QED) is 0.187. The van der Waals surface area contributed by atoms with E-state index in [-0.39, 0.29) is 11.9 Å². The van der Waals surface area contributed by atoms with Gasteiger partial charge in [0.1, 0.15) is 0 Å². The number of nitrogens with two attached hydrogens (primary N) is 2. The lowest BCUT2D eigenvalue weighted by molar-refractivity contribution is 0.711. The smallest absolute Gasteiger partial charge is 0.203 e. The van der Waals surface area contributed by atoms with Crippen LogP contribution in [-0.2, 0) is 0 Å². The van der Waals surface area contributed by atoms with Crippen LogP contribution in [0.4, 0.5) is 0 Å². The summed E-state index contributed by atoms with van der Waals surface area (Å²) >= 11 is 0. The van der Waals surface area contributed by atoms with Gasteiger partial charge >= 0.3 is 0 Å². The largest absolute Gasteiger partial charge is 0.369 e. The van der Waals surface area contributed by atoms with E-state index in [1.807, 2.05) is 6.92 Å². The first-order valence-corrected chi connectivity index (χ1v) is 3.74. The summed E-state index contributed by atoms with van der Waals surface area (Å²) in [5, 5.41) is 13.4. The van der Waals surface area contributed by atoms with E-state index in [9.17, 15) is 0 Å². The van der Waals surface area contributed by atoms with Crippen LogP contribution in [0.15, 0.2) is 4.99 Å². The highest BCUT2D eigenvalue weighted by molar-refractivity contribution is 5.77. The van der Waals surface area contributed by atoms with E-state index in [0.29, 0.717) is 12.4 Å². The zero-order chi connectivity index (χ0) is 9.68. The molecule has 0 spiro atoms. The zero-order valence-electron chi connectivity index (χ0n) is 7.23. The molecule has 6 N–H and O–H groups in total. The molecule has 1 unspecified atom stereocenters. The van der Waals surface area contributed by atoms with Crippen LogP contribution in [-0.4, -0.2) is 33.1 Å². The summed E-state index contributed by atoms with van der Waals surface area (Å²) in [4.78, 5) is 3.94. The van der Waals surface area contributed by atoms with E-state index in [4.69, 9.17) is 11.6 Å². The maximum absolute atomic E-state index is 5.32. The maximum atomic E-state index is 5.32. The molecular weight excluding hydrogens is 172 g/mol. The van der Waals surface area contributed by atoms with Gasteiger partial charge in [0.05, 0.1) is 6.54 Å². The summed E-state index contributed by atoms with van der Waals surface area (Å²) in [6, 6.07) is 0. The zero-order valence-corrected chi connectivity index (χ0v) is 7.23. The number of rotatable bonds is 3. The molecule has 0 saturated carbocycles. The topological polar surface area (TPSA) is 131 Å². The van der Waals surface area contributed by atoms with E-state index < -0.39 is 0 Å². The van der Waals surface area contributed by atoms with Crippen molar-refractivity contribution in [3.63, 3.8) is 0 Å². The molecule has 1 aromatic rings. The summed E-state index contributed by atoms with van der Waals surface area (Å²) in [5.41, 5.74) is 7.55. The SMILES string of the molecule is CC(CN=C(N)NN)c1nn[nH]n1. The number of aliphatic imine (C=N–C) groups is 1. The van der Waals surface area contributed by atoms with Crippen molar-refractivity contribution in [2.45, 2.75) is 12.8 Å². The van der Waals surface area contributed by atoms with E-state index in [2.05, 4.69) is 31.0 Å². The molecule has 1 rings (SSSR count). The minimum atomic E-state index is 0.0608. The van der Waals surface area contributed by atoms with Crippen LogP contribution in [0.1, 0.15) is 18.7 Å². The van der Waals surface area contributed by atoms with E-state index in [1.165, 1.54) is 0 Å². The maximum Gasteiger partial charge on any atom is 0.203 e. The van der Waals surface area contributed by atoms with Crippen molar-refractivity contribution in [3.05, 3.63) is 5.82 Å². The van der Waals surface area contributed by atoms with Gasteiger partial charge in [-0.2, -0.15) is 5.21 Å². The van der Waals surface area contributed by atoms with Gasteiger partial charge in [-0.05, 0) is 0 Å². The Hall–Kier alpha value is -1.70. The second-order valence-corrected chi connectivity index (χ2v) is 2.54. The average Bonchev–Trinajstić information content (AvgIpc) is 2.66. The molecule has 0 radical (unpaired) electrons. The molecule has 1 heterocycles. The molecule has 0 aliphatic rings. The fraction of sp³-hybridized carbons (Fsp3) is 0.600. The molecule has 0 bridgehead atoms. The predicted molar refractivity (Wildman–Crippen MR) is 46.4 cm³/mol. The lowest BCUT2D eigenvalue weighted by Gasteiger charge is -2.02. The van der Waals surface area contributed by atoms with Crippen LogP contribution in [0.25, 0.3) is 0 Å². The van der Waals surface area contributed by atoms with Crippen molar-refractivity contribution in [2.24, 2.45) is 16.6 Å². The first-order chi connectivity index (χ1) is 6.24. The van der Waals surface area contributed by atoms with E-state index in [1.54, 1.807) is 0 Å². The predicted octanol–water partition coefficient (Wildman–Crippen LogP) is -1.92. The Morgan fingerprint density at radius 1 is 1.77 bits per heavy atom. The van der Waals surface area contributed by atoms with Crippen LogP contribution in [0.5, 0.6) is 0 Å². The number of H-pyrrole nitrogens is 1. The summed E-state index contributed by atoms with van der Waals surface area (Å²) in [5.74, 6) is 5.88. The monoisotopic (exact) mass is 184 g/mol. The van der Waals surface area contributed by atoms with Crippen LogP contribution in [0.3, 0.4) is 0 Å². The number of nitrogens with zero attached hydrogens (tertiary/aromatic N) is 4. The summed E-state index contributed by atoms with van der Waals surface area (Å²) < 4.78 is 0. The average molecular weight is 184 g/mol. The molecule has 8 nitrogen and oxygen atoms in total. The van der Waals surface area contributed by atoms with Crippen LogP contribution >= 0.6 is 0 Å². The Bertz CT molecular complexity index is 264. The van der Waals surface area contributed by atoms with Gasteiger partial charge < -0.3 is 5.73 Å². The minimum absolute atomic E-state index is 0.0608. The van der Waals surface area contributed by atoms with Crippen molar-refractivity contribution in [1.82, 2.24) is 26.0 Å². The third-order valence-electron chi connectivity index (χ3n) is 1.49. The van der Waals surface area contributed by atoms with E-state index in [0.717, 1.165) is 0 Å². The number of aromatic amines is 1. The first-order valence-electron chi connectivity index (χ1n) is 3.74. The lowest BCUT2D eigenvalue weighted by Crippen LogP contribution is -2.37. The van der Waals surface area contributed by atoms with Crippen LogP contribution in [0.2, 0.25) is 0 Å². The van der Waals surface area contributed by atoms with Crippen LogP contribution < -0.4 is 17.0 Å². The molecule has 1 atom stereocenters. The van der Waals surface area contributed by atoms with Crippen molar-refractivity contribution in [2.75, 3.05) is 6.54 Å².